The van der Waals surface area contributed by atoms with Crippen LogP contribution < -0.4 is 11.1 Å². The third-order valence-electron chi connectivity index (χ3n) is 1.00. The van der Waals surface area contributed by atoms with Crippen molar-refractivity contribution in [3.63, 3.8) is 0 Å². The van der Waals surface area contributed by atoms with Crippen LogP contribution in [0.1, 0.15) is 0 Å². The first kappa shape index (κ1) is 8.66. The highest BCUT2D eigenvalue weighted by atomic mass is 127. The molecule has 5 heteroatoms. The lowest BCUT2D eigenvalue weighted by atomic mass is 10.5. The third-order valence-corrected chi connectivity index (χ3v) is 1.97. The van der Waals surface area contributed by atoms with E-state index in [1.165, 1.54) is 0 Å². The number of hydrogen-bond donors (Lipinski definition) is 2. The van der Waals surface area contributed by atoms with Crippen LogP contribution in [0.3, 0.4) is 0 Å². The molecule has 1 rings (SSSR count). The zero-order chi connectivity index (χ0) is 8.27. The third kappa shape index (κ3) is 2.58. The molecule has 1 aromatic rings. The topological polar surface area (TPSA) is 50.9 Å². The number of rotatable bonds is 1. The molecule has 0 amide bonds. The molecule has 0 fully saturated rings. The van der Waals surface area contributed by atoms with Crippen molar-refractivity contribution in [2.24, 2.45) is 5.73 Å². The first-order valence-electron chi connectivity index (χ1n) is 2.87. The van der Waals surface area contributed by atoms with Gasteiger partial charge in [-0.05, 0) is 46.9 Å². The average Bonchev–Trinajstić information content (AvgIpc) is 1.93. The predicted octanol–water partition coefficient (Wildman–Crippen LogP) is 1.34. The van der Waals surface area contributed by atoms with Gasteiger partial charge in [0, 0.05) is 6.20 Å². The van der Waals surface area contributed by atoms with Crippen LogP contribution in [-0.2, 0) is 0 Å². The maximum absolute atomic E-state index is 5.27. The second-order valence-corrected chi connectivity index (χ2v) is 3.43. The predicted molar refractivity (Wildman–Crippen MR) is 57.4 cm³/mol. The molecular weight excluding hydrogens is 273 g/mol. The van der Waals surface area contributed by atoms with E-state index in [1.54, 1.807) is 6.20 Å². The van der Waals surface area contributed by atoms with Crippen LogP contribution in [0, 0.1) is 3.57 Å². The van der Waals surface area contributed by atoms with Gasteiger partial charge in [0.25, 0.3) is 0 Å². The second kappa shape index (κ2) is 3.82. The van der Waals surface area contributed by atoms with E-state index in [0.717, 1.165) is 3.57 Å². The maximum Gasteiger partial charge on any atom is 0.169 e. The number of anilines is 1. The van der Waals surface area contributed by atoms with Gasteiger partial charge in [0.2, 0.25) is 0 Å². The van der Waals surface area contributed by atoms with E-state index < -0.39 is 0 Å². The number of nitrogens with zero attached hydrogens (tertiary/aromatic N) is 1. The Kier molecular flexibility index (Phi) is 3.01. The monoisotopic (exact) mass is 279 g/mol. The fraction of sp³-hybridized carbons (Fsp3) is 0. The number of nitrogens with two attached hydrogens (primary N) is 1. The van der Waals surface area contributed by atoms with E-state index in [1.807, 2.05) is 12.1 Å². The summed E-state index contributed by atoms with van der Waals surface area (Å²) in [6, 6.07) is 3.78. The summed E-state index contributed by atoms with van der Waals surface area (Å²) in [6.07, 6.45) is 1.68. The Hall–Kier alpha value is -0.430. The van der Waals surface area contributed by atoms with Gasteiger partial charge >= 0.3 is 0 Å². The van der Waals surface area contributed by atoms with Gasteiger partial charge in [-0.1, -0.05) is 0 Å². The van der Waals surface area contributed by atoms with Gasteiger partial charge in [0.05, 0.1) is 3.57 Å². The van der Waals surface area contributed by atoms with E-state index in [-0.39, 0.29) is 5.11 Å². The molecule has 11 heavy (non-hydrogen) atoms. The standard InChI is InChI=1S/C6H6IN3S/c7-4-2-1-3-9-5(4)10-6(8)11/h1-3H,(H3,8,9,10,11). The quantitative estimate of drug-likeness (QED) is 0.601. The van der Waals surface area contributed by atoms with Crippen molar-refractivity contribution >= 4 is 45.7 Å². The number of nitrogens with one attached hydrogen (secondary N) is 1. The van der Waals surface area contributed by atoms with Crippen molar-refractivity contribution in [2.75, 3.05) is 5.32 Å². The molecule has 1 aromatic heterocycles. The summed E-state index contributed by atoms with van der Waals surface area (Å²) in [6.45, 7) is 0. The Morgan fingerprint density at radius 1 is 1.73 bits per heavy atom. The first-order chi connectivity index (χ1) is 5.20. The van der Waals surface area contributed by atoms with E-state index in [2.05, 4.69) is 45.1 Å². The molecule has 0 aliphatic heterocycles. The number of pyridine rings is 1. The molecule has 0 spiro atoms. The Morgan fingerprint density at radius 2 is 2.45 bits per heavy atom. The van der Waals surface area contributed by atoms with Crippen LogP contribution in [0.5, 0.6) is 0 Å². The molecule has 0 saturated carbocycles. The SMILES string of the molecule is NC(=S)Nc1ncccc1I. The summed E-state index contributed by atoms with van der Waals surface area (Å²) in [4.78, 5) is 4.03. The average molecular weight is 279 g/mol. The Labute approximate surface area is 83.5 Å². The minimum atomic E-state index is 0.238. The largest absolute Gasteiger partial charge is 0.376 e. The van der Waals surface area contributed by atoms with E-state index in [4.69, 9.17) is 5.73 Å². The highest BCUT2D eigenvalue weighted by molar-refractivity contribution is 14.1. The summed E-state index contributed by atoms with van der Waals surface area (Å²) in [5, 5.41) is 3.00. The Bertz CT molecular complexity index is 276. The Morgan fingerprint density at radius 3 is 3.00 bits per heavy atom. The van der Waals surface area contributed by atoms with Crippen molar-refractivity contribution in [1.82, 2.24) is 4.98 Å². The maximum atomic E-state index is 5.27. The molecule has 0 aliphatic rings. The highest BCUT2D eigenvalue weighted by Crippen LogP contribution is 2.12. The van der Waals surface area contributed by atoms with Gasteiger partial charge in [0.1, 0.15) is 5.82 Å². The summed E-state index contributed by atoms with van der Waals surface area (Å²) >= 11 is 6.81. The van der Waals surface area contributed by atoms with Crippen LogP contribution in [0.25, 0.3) is 0 Å². The lowest BCUT2D eigenvalue weighted by Crippen LogP contribution is -2.20. The second-order valence-electron chi connectivity index (χ2n) is 1.82. The number of aromatic nitrogens is 1. The van der Waals surface area contributed by atoms with Crippen LogP contribution in [0.4, 0.5) is 5.82 Å². The van der Waals surface area contributed by atoms with Gasteiger partial charge in [-0.15, -0.1) is 0 Å². The van der Waals surface area contributed by atoms with Crippen molar-refractivity contribution < 1.29 is 0 Å². The zero-order valence-corrected chi connectivity index (χ0v) is 8.52. The molecule has 0 aromatic carbocycles. The van der Waals surface area contributed by atoms with Gasteiger partial charge < -0.3 is 11.1 Å². The molecule has 1 heterocycles. The molecule has 3 nitrogen and oxygen atoms in total. The summed E-state index contributed by atoms with van der Waals surface area (Å²) in [7, 11) is 0. The first-order valence-corrected chi connectivity index (χ1v) is 4.36. The highest BCUT2D eigenvalue weighted by Gasteiger charge is 1.98. The van der Waals surface area contributed by atoms with Crippen LogP contribution >= 0.6 is 34.8 Å². The summed E-state index contributed by atoms with van der Waals surface area (Å²) < 4.78 is 0.998. The van der Waals surface area contributed by atoms with E-state index >= 15 is 0 Å². The minimum Gasteiger partial charge on any atom is -0.376 e. The van der Waals surface area contributed by atoms with Crippen molar-refractivity contribution in [2.45, 2.75) is 0 Å². The molecule has 58 valence electrons. The molecule has 0 saturated heterocycles. The lowest BCUT2D eigenvalue weighted by Gasteiger charge is -2.02. The molecule has 3 N–H and O–H groups in total. The lowest BCUT2D eigenvalue weighted by molar-refractivity contribution is 1.30. The molecule has 0 aliphatic carbocycles. The molecular formula is C6H6IN3S. The molecule has 0 atom stereocenters. The van der Waals surface area contributed by atoms with Crippen molar-refractivity contribution in [3.05, 3.63) is 21.9 Å². The van der Waals surface area contributed by atoms with Crippen LogP contribution in [0.15, 0.2) is 18.3 Å². The smallest absolute Gasteiger partial charge is 0.169 e. The molecule has 0 unspecified atom stereocenters. The van der Waals surface area contributed by atoms with Gasteiger partial charge in [-0.25, -0.2) is 4.98 Å². The Balaban J connectivity index is 2.86. The molecule has 0 bridgehead atoms. The number of halogens is 1. The van der Waals surface area contributed by atoms with Gasteiger partial charge in [0.15, 0.2) is 5.11 Å². The summed E-state index contributed by atoms with van der Waals surface area (Å²) in [5.74, 6) is 0.709. The number of thiocarbonyl (C=S) groups is 1. The summed E-state index contributed by atoms with van der Waals surface area (Å²) in [5.41, 5.74) is 5.27. The van der Waals surface area contributed by atoms with Crippen LogP contribution in [-0.4, -0.2) is 10.1 Å². The fourth-order valence-electron chi connectivity index (χ4n) is 0.594. The van der Waals surface area contributed by atoms with Crippen molar-refractivity contribution in [3.8, 4) is 0 Å². The van der Waals surface area contributed by atoms with Gasteiger partial charge in [-0.2, -0.15) is 0 Å². The zero-order valence-electron chi connectivity index (χ0n) is 5.54. The minimum absolute atomic E-state index is 0.238. The van der Waals surface area contributed by atoms with E-state index in [9.17, 15) is 0 Å². The number of hydrogen-bond acceptors (Lipinski definition) is 2. The normalized spacial score (nSPS) is 9.18. The van der Waals surface area contributed by atoms with Crippen LogP contribution in [0.2, 0.25) is 0 Å². The van der Waals surface area contributed by atoms with Gasteiger partial charge in [-0.3, -0.25) is 0 Å². The van der Waals surface area contributed by atoms with E-state index in [0.29, 0.717) is 5.82 Å². The van der Waals surface area contributed by atoms with Crippen molar-refractivity contribution in [1.29, 1.82) is 0 Å². The molecule has 0 radical (unpaired) electrons. The fourth-order valence-corrected chi connectivity index (χ4v) is 1.17.